The maximum atomic E-state index is 5.23. The van der Waals surface area contributed by atoms with Gasteiger partial charge in [-0.25, -0.2) is 4.99 Å². The summed E-state index contributed by atoms with van der Waals surface area (Å²) in [6.07, 6.45) is 0. The predicted octanol–water partition coefficient (Wildman–Crippen LogP) is 15.6. The van der Waals surface area contributed by atoms with E-state index in [1.165, 1.54) is 60.4 Å². The number of para-hydroxylation sites is 3. The van der Waals surface area contributed by atoms with Crippen LogP contribution in [-0.4, -0.2) is 18.7 Å². The van der Waals surface area contributed by atoms with E-state index in [9.17, 15) is 0 Å². The van der Waals surface area contributed by atoms with Crippen LogP contribution in [-0.2, 0) is 0 Å². The molecule has 2 aromatic heterocycles. The fourth-order valence-electron chi connectivity index (χ4n) is 8.99. The van der Waals surface area contributed by atoms with Crippen molar-refractivity contribution in [2.75, 3.05) is 0 Å². The summed E-state index contributed by atoms with van der Waals surface area (Å²) in [4.78, 5) is 10.3. The van der Waals surface area contributed by atoms with E-state index in [1.807, 2.05) is 36.4 Å². The first kappa shape index (κ1) is 38.6. The molecule has 5 heteroatoms. The normalized spacial score (nSPS) is 12.7. The minimum atomic E-state index is -0.123. The summed E-state index contributed by atoms with van der Waals surface area (Å²) >= 11 is 2.32. The van der Waals surface area contributed by atoms with Gasteiger partial charge in [-0.15, -0.1) is 0 Å². The van der Waals surface area contributed by atoms with Gasteiger partial charge in [0.15, 0.2) is 5.84 Å². The smallest absolute Gasteiger partial charge is 0.156 e. The van der Waals surface area contributed by atoms with E-state index in [-0.39, 0.29) is 6.04 Å². The molecule has 9 aromatic carbocycles. The Kier molecular flexibility index (Phi) is 10.1. The average Bonchev–Trinajstić information content (AvgIpc) is 3.87. The van der Waals surface area contributed by atoms with Gasteiger partial charge in [-0.1, -0.05) is 158 Å². The Labute approximate surface area is 380 Å². The Morgan fingerprint density at radius 3 is 1.48 bits per heavy atom. The number of amidine groups is 1. The van der Waals surface area contributed by atoms with E-state index in [2.05, 4.69) is 227 Å². The summed E-state index contributed by atoms with van der Waals surface area (Å²) in [5.41, 5.74) is 14.9. The highest BCUT2D eigenvalue weighted by Crippen LogP contribution is 2.39. The monoisotopic (exact) mass is 920 g/mol. The second-order valence-corrected chi connectivity index (χ2v) is 17.0. The van der Waals surface area contributed by atoms with Crippen LogP contribution in [0.25, 0.3) is 77.2 Å². The third-order valence-corrected chi connectivity index (χ3v) is 12.9. The van der Waals surface area contributed by atoms with Crippen LogP contribution in [0.5, 0.6) is 0 Å². The lowest BCUT2D eigenvalue weighted by Crippen LogP contribution is -2.04. The summed E-state index contributed by atoms with van der Waals surface area (Å²) in [5.74, 6) is 0.717. The molecule has 63 heavy (non-hydrogen) atoms. The maximum Gasteiger partial charge on any atom is 0.156 e. The zero-order valence-electron chi connectivity index (χ0n) is 34.6. The third-order valence-electron chi connectivity index (χ3n) is 12.1. The molecule has 0 saturated heterocycles. The number of aliphatic imine (C=N–C) groups is 2. The van der Waals surface area contributed by atoms with Crippen molar-refractivity contribution in [3.05, 3.63) is 241 Å². The predicted molar refractivity (Wildman–Crippen MR) is 274 cm³/mol. The van der Waals surface area contributed by atoms with E-state index in [0.717, 1.165) is 43.1 Å². The van der Waals surface area contributed by atoms with Crippen LogP contribution in [0, 0.1) is 0 Å². The third kappa shape index (κ3) is 7.24. The molecule has 0 aliphatic heterocycles. The molecule has 0 fully saturated rings. The van der Waals surface area contributed by atoms with Gasteiger partial charge in [0.1, 0.15) is 3.72 Å². The van der Waals surface area contributed by atoms with E-state index < -0.39 is 0 Å². The molecule has 0 aliphatic rings. The SMILES string of the molecule is CC(N=C(N=C(I)c1ccccc1)c1ccccc1)c1cccc(-c2cccc(-n3c4ccccc4c4cc(-c5ccc6c(c5)c5ccccc5n6-c5ccccc5)ccc43)c2)c1. The Balaban J connectivity index is 0.958. The Morgan fingerprint density at radius 1 is 0.397 bits per heavy atom. The molecular weight excluding hydrogens is 880 g/mol. The topological polar surface area (TPSA) is 34.6 Å². The van der Waals surface area contributed by atoms with E-state index >= 15 is 0 Å². The lowest BCUT2D eigenvalue weighted by molar-refractivity contribution is 0.819. The molecule has 0 N–H and O–H groups in total. The van der Waals surface area contributed by atoms with Crippen molar-refractivity contribution < 1.29 is 0 Å². The molecule has 1 atom stereocenters. The van der Waals surface area contributed by atoms with Gasteiger partial charge in [0.2, 0.25) is 0 Å². The summed E-state index contributed by atoms with van der Waals surface area (Å²) in [6, 6.07) is 80.1. The molecule has 0 amide bonds. The molecule has 300 valence electrons. The first-order chi connectivity index (χ1) is 31.1. The summed E-state index contributed by atoms with van der Waals surface area (Å²) in [6.45, 7) is 2.15. The van der Waals surface area contributed by atoms with Gasteiger partial charge < -0.3 is 9.13 Å². The zero-order chi connectivity index (χ0) is 42.3. The molecule has 0 spiro atoms. The van der Waals surface area contributed by atoms with Gasteiger partial charge in [-0.3, -0.25) is 4.99 Å². The Bertz CT molecular complexity index is 3530. The van der Waals surface area contributed by atoms with Gasteiger partial charge in [0.05, 0.1) is 28.1 Å². The van der Waals surface area contributed by atoms with Crippen LogP contribution in [0.1, 0.15) is 29.7 Å². The highest BCUT2D eigenvalue weighted by atomic mass is 127. The first-order valence-electron chi connectivity index (χ1n) is 21.3. The fraction of sp³-hybridized carbons (Fsp3) is 0.0345. The number of fused-ring (bicyclic) bond motifs is 6. The van der Waals surface area contributed by atoms with E-state index in [1.54, 1.807) is 0 Å². The van der Waals surface area contributed by atoms with Crippen molar-refractivity contribution in [3.8, 4) is 33.6 Å². The van der Waals surface area contributed by atoms with E-state index in [4.69, 9.17) is 9.98 Å². The largest absolute Gasteiger partial charge is 0.309 e. The Hall–Kier alpha value is -7.35. The summed E-state index contributed by atoms with van der Waals surface area (Å²) in [5, 5.41) is 4.96. The second kappa shape index (κ2) is 16.5. The molecule has 1 unspecified atom stereocenters. The first-order valence-corrected chi connectivity index (χ1v) is 22.4. The molecule has 11 aromatic rings. The number of nitrogens with zero attached hydrogens (tertiary/aromatic N) is 4. The number of aromatic nitrogens is 2. The van der Waals surface area contributed by atoms with Crippen LogP contribution in [0.2, 0.25) is 0 Å². The summed E-state index contributed by atoms with van der Waals surface area (Å²) in [7, 11) is 0. The van der Waals surface area contributed by atoms with Crippen molar-refractivity contribution >= 4 is 75.8 Å². The highest BCUT2D eigenvalue weighted by molar-refractivity contribution is 14.1. The molecule has 0 bridgehead atoms. The summed E-state index contributed by atoms with van der Waals surface area (Å²) < 4.78 is 5.68. The van der Waals surface area contributed by atoms with Gasteiger partial charge >= 0.3 is 0 Å². The zero-order valence-corrected chi connectivity index (χ0v) is 36.8. The second-order valence-electron chi connectivity index (χ2n) is 15.9. The van der Waals surface area contributed by atoms with Gasteiger partial charge in [-0.05, 0) is 124 Å². The Morgan fingerprint density at radius 2 is 0.857 bits per heavy atom. The molecule has 0 aliphatic carbocycles. The quantitative estimate of drug-likeness (QED) is 0.0827. The average molecular weight is 921 g/mol. The molecule has 0 radical (unpaired) electrons. The van der Waals surface area contributed by atoms with Crippen molar-refractivity contribution in [1.82, 2.24) is 9.13 Å². The standard InChI is InChI=1S/C58H41IN4/c1-39(60-58(41-19-7-3-8-20-41)61-57(59)40-17-5-2-6-18-40)42-21-15-22-43(35-42)44-23-16-26-48(36-44)63-54-30-14-12-28-50(54)52-38-46(32-34-56(52)63)45-31-33-55-51(37-45)49-27-11-13-29-53(49)62(55)47-24-9-4-10-25-47/h2-39H,1H3. The number of halogens is 1. The highest BCUT2D eigenvalue weighted by Gasteiger charge is 2.17. The number of rotatable bonds is 8. The number of benzene rings is 9. The van der Waals surface area contributed by atoms with Crippen molar-refractivity contribution in [2.45, 2.75) is 13.0 Å². The van der Waals surface area contributed by atoms with Crippen LogP contribution in [0.3, 0.4) is 0 Å². The molecule has 0 saturated carbocycles. The van der Waals surface area contributed by atoms with Crippen LogP contribution in [0.15, 0.2) is 234 Å². The molecular formula is C58H41IN4. The van der Waals surface area contributed by atoms with Gasteiger partial charge in [0.25, 0.3) is 0 Å². The molecule has 11 rings (SSSR count). The van der Waals surface area contributed by atoms with Crippen LogP contribution in [0.4, 0.5) is 0 Å². The molecule has 4 nitrogen and oxygen atoms in total. The van der Waals surface area contributed by atoms with Crippen molar-refractivity contribution in [2.24, 2.45) is 9.98 Å². The maximum absolute atomic E-state index is 5.23. The van der Waals surface area contributed by atoms with Crippen molar-refractivity contribution in [1.29, 1.82) is 0 Å². The number of hydrogen-bond donors (Lipinski definition) is 0. The minimum Gasteiger partial charge on any atom is -0.309 e. The lowest BCUT2D eigenvalue weighted by atomic mass is 9.99. The van der Waals surface area contributed by atoms with Crippen LogP contribution < -0.4 is 0 Å². The molecule has 2 heterocycles. The van der Waals surface area contributed by atoms with Crippen molar-refractivity contribution in [3.63, 3.8) is 0 Å². The van der Waals surface area contributed by atoms with Gasteiger partial charge in [0, 0.05) is 44.0 Å². The fourth-order valence-corrected chi connectivity index (χ4v) is 9.58. The van der Waals surface area contributed by atoms with Crippen LogP contribution >= 0.6 is 22.6 Å². The van der Waals surface area contributed by atoms with E-state index in [0.29, 0.717) is 0 Å². The number of hydrogen-bond acceptors (Lipinski definition) is 1. The minimum absolute atomic E-state index is 0.123. The van der Waals surface area contributed by atoms with Gasteiger partial charge in [-0.2, -0.15) is 0 Å². The lowest BCUT2D eigenvalue weighted by Gasteiger charge is -2.13.